The van der Waals surface area contributed by atoms with Crippen LogP contribution in [0.2, 0.25) is 0 Å². The van der Waals surface area contributed by atoms with Gasteiger partial charge in [-0.15, -0.1) is 0 Å². The van der Waals surface area contributed by atoms with E-state index in [0.29, 0.717) is 31.9 Å². The zero-order chi connectivity index (χ0) is 20.1. The number of carbonyl (C=O) groups is 2. The fraction of sp³-hybridized carbons (Fsp3) is 0.300. The van der Waals surface area contributed by atoms with Crippen LogP contribution in [0.15, 0.2) is 59.5 Å². The Bertz CT molecular complexity index is 952. The molecule has 7 nitrogen and oxygen atoms in total. The highest BCUT2D eigenvalue weighted by Crippen LogP contribution is 2.23. The van der Waals surface area contributed by atoms with Crippen LogP contribution < -0.4 is 0 Å². The summed E-state index contributed by atoms with van der Waals surface area (Å²) in [4.78, 5) is 27.3. The summed E-state index contributed by atoms with van der Waals surface area (Å²) < 4.78 is 34.3. The number of esters is 1. The number of nitrogens with zero attached hydrogens (tertiary/aromatic N) is 1. The number of amides is 1. The summed E-state index contributed by atoms with van der Waals surface area (Å²) in [6.45, 7) is 1.70. The van der Waals surface area contributed by atoms with Gasteiger partial charge in [-0.2, -0.15) is 0 Å². The molecule has 1 aliphatic heterocycles. The molecule has 0 aromatic heterocycles. The van der Waals surface area contributed by atoms with E-state index in [1.165, 1.54) is 24.3 Å². The third kappa shape index (κ3) is 4.76. The van der Waals surface area contributed by atoms with E-state index >= 15 is 0 Å². The molecule has 0 bridgehead atoms. The zero-order valence-electron chi connectivity index (χ0n) is 15.4. The number of hydrogen-bond donors (Lipinski definition) is 0. The van der Waals surface area contributed by atoms with Crippen molar-refractivity contribution in [2.24, 2.45) is 0 Å². The molecule has 1 heterocycles. The maximum atomic E-state index is 13.0. The predicted octanol–water partition coefficient (Wildman–Crippen LogP) is 1.85. The Hall–Kier alpha value is -2.71. The van der Waals surface area contributed by atoms with Gasteiger partial charge in [0.05, 0.1) is 23.7 Å². The van der Waals surface area contributed by atoms with Crippen LogP contribution >= 0.6 is 0 Å². The number of ether oxygens (including phenoxy) is 2. The van der Waals surface area contributed by atoms with Crippen LogP contribution in [0.25, 0.3) is 0 Å². The molecule has 0 radical (unpaired) electrons. The molecule has 8 heteroatoms. The topological polar surface area (TPSA) is 90.0 Å². The van der Waals surface area contributed by atoms with Crippen LogP contribution in [0, 0.1) is 0 Å². The Kier molecular flexibility index (Phi) is 6.11. The molecular formula is C20H21NO6S. The Morgan fingerprint density at radius 1 is 1.04 bits per heavy atom. The summed E-state index contributed by atoms with van der Waals surface area (Å²) >= 11 is 0. The van der Waals surface area contributed by atoms with Gasteiger partial charge in [-0.3, -0.25) is 4.79 Å². The molecule has 1 amide bonds. The first kappa shape index (κ1) is 20.0. The van der Waals surface area contributed by atoms with E-state index in [1.807, 2.05) is 0 Å². The lowest BCUT2D eigenvalue weighted by atomic mass is 10.1. The second kappa shape index (κ2) is 8.53. The molecule has 0 saturated carbocycles. The van der Waals surface area contributed by atoms with Gasteiger partial charge in [0, 0.05) is 24.9 Å². The third-order valence-corrected chi connectivity index (χ3v) is 5.48. The third-order valence-electron chi connectivity index (χ3n) is 4.37. The maximum Gasteiger partial charge on any atom is 0.339 e. The fourth-order valence-corrected chi connectivity index (χ4v) is 3.53. The van der Waals surface area contributed by atoms with Gasteiger partial charge >= 0.3 is 5.97 Å². The SMILES string of the molecule is CS(=O)(=O)c1cccc(C(=O)O[C@H](C(=O)N2CCOCC2)c2ccccc2)c1. The van der Waals surface area contributed by atoms with Gasteiger partial charge < -0.3 is 14.4 Å². The highest BCUT2D eigenvalue weighted by molar-refractivity contribution is 7.90. The largest absolute Gasteiger partial charge is 0.444 e. The molecule has 0 spiro atoms. The first-order chi connectivity index (χ1) is 13.4. The lowest BCUT2D eigenvalue weighted by Crippen LogP contribution is -2.44. The van der Waals surface area contributed by atoms with Crippen molar-refractivity contribution in [3.63, 3.8) is 0 Å². The zero-order valence-corrected chi connectivity index (χ0v) is 16.2. The Morgan fingerprint density at radius 2 is 1.71 bits per heavy atom. The van der Waals surface area contributed by atoms with Gasteiger partial charge in [-0.1, -0.05) is 36.4 Å². The molecule has 0 aliphatic carbocycles. The molecule has 2 aromatic carbocycles. The standard InChI is InChI=1S/C20H21NO6S/c1-28(24,25)17-9-5-8-16(14-17)20(23)27-18(15-6-3-2-4-7-15)19(22)21-10-12-26-13-11-21/h2-9,14,18H,10-13H2,1H3/t18-/m0/s1. The molecule has 1 atom stereocenters. The molecule has 1 saturated heterocycles. The Balaban J connectivity index is 1.87. The van der Waals surface area contributed by atoms with Crippen molar-refractivity contribution in [3.05, 3.63) is 65.7 Å². The van der Waals surface area contributed by atoms with Crippen molar-refractivity contribution in [3.8, 4) is 0 Å². The molecule has 0 unspecified atom stereocenters. The minimum absolute atomic E-state index is 0.0118. The van der Waals surface area contributed by atoms with Crippen molar-refractivity contribution < 1.29 is 27.5 Å². The van der Waals surface area contributed by atoms with Gasteiger partial charge in [0.2, 0.25) is 6.10 Å². The van der Waals surface area contributed by atoms with Gasteiger partial charge in [-0.25, -0.2) is 13.2 Å². The second-order valence-electron chi connectivity index (χ2n) is 6.43. The Labute approximate surface area is 163 Å². The van der Waals surface area contributed by atoms with Crippen LogP contribution in [0.5, 0.6) is 0 Å². The van der Waals surface area contributed by atoms with Crippen LogP contribution in [-0.4, -0.2) is 57.8 Å². The van der Waals surface area contributed by atoms with E-state index in [0.717, 1.165) is 6.26 Å². The van der Waals surface area contributed by atoms with Gasteiger partial charge in [-0.05, 0) is 18.2 Å². The molecule has 28 heavy (non-hydrogen) atoms. The summed E-state index contributed by atoms with van der Waals surface area (Å²) in [6, 6.07) is 14.3. The van der Waals surface area contributed by atoms with E-state index in [4.69, 9.17) is 9.47 Å². The maximum absolute atomic E-state index is 13.0. The number of benzene rings is 2. The average molecular weight is 403 g/mol. The lowest BCUT2D eigenvalue weighted by Gasteiger charge is -2.30. The van der Waals surface area contributed by atoms with E-state index < -0.39 is 21.9 Å². The van der Waals surface area contributed by atoms with Crippen molar-refractivity contribution in [1.29, 1.82) is 0 Å². The number of rotatable bonds is 5. The quantitative estimate of drug-likeness (QED) is 0.708. The fourth-order valence-electron chi connectivity index (χ4n) is 2.87. The first-order valence-electron chi connectivity index (χ1n) is 8.79. The monoisotopic (exact) mass is 403 g/mol. The summed E-state index contributed by atoms with van der Waals surface area (Å²) in [6.07, 6.45) is -0.0553. The molecule has 1 aliphatic rings. The summed E-state index contributed by atoms with van der Waals surface area (Å²) in [5.74, 6) is -1.09. The Morgan fingerprint density at radius 3 is 2.36 bits per heavy atom. The van der Waals surface area contributed by atoms with E-state index in [1.54, 1.807) is 35.2 Å². The highest BCUT2D eigenvalue weighted by atomic mass is 32.2. The molecule has 0 N–H and O–H groups in total. The predicted molar refractivity (Wildman–Crippen MR) is 102 cm³/mol. The lowest BCUT2D eigenvalue weighted by molar-refractivity contribution is -0.145. The van der Waals surface area contributed by atoms with Crippen LogP contribution in [0.1, 0.15) is 22.0 Å². The second-order valence-corrected chi connectivity index (χ2v) is 8.45. The van der Waals surface area contributed by atoms with Crippen molar-refractivity contribution in [1.82, 2.24) is 4.90 Å². The van der Waals surface area contributed by atoms with Crippen molar-refractivity contribution in [2.75, 3.05) is 32.6 Å². The molecule has 148 valence electrons. The van der Waals surface area contributed by atoms with Crippen LogP contribution in [0.4, 0.5) is 0 Å². The molecule has 2 aromatic rings. The minimum atomic E-state index is -3.47. The molecular weight excluding hydrogens is 382 g/mol. The smallest absolute Gasteiger partial charge is 0.339 e. The van der Waals surface area contributed by atoms with E-state index in [2.05, 4.69) is 0 Å². The minimum Gasteiger partial charge on any atom is -0.444 e. The van der Waals surface area contributed by atoms with Crippen molar-refractivity contribution >= 4 is 21.7 Å². The van der Waals surface area contributed by atoms with Crippen LogP contribution in [-0.2, 0) is 24.1 Å². The number of hydrogen-bond acceptors (Lipinski definition) is 6. The van der Waals surface area contributed by atoms with Gasteiger partial charge in [0.25, 0.3) is 5.91 Å². The number of sulfone groups is 1. The normalized spacial score (nSPS) is 15.7. The van der Waals surface area contributed by atoms with Gasteiger partial charge in [0.15, 0.2) is 9.84 Å². The van der Waals surface area contributed by atoms with E-state index in [-0.39, 0.29) is 16.4 Å². The average Bonchev–Trinajstić information content (AvgIpc) is 2.72. The van der Waals surface area contributed by atoms with Gasteiger partial charge in [0.1, 0.15) is 0 Å². The molecule has 3 rings (SSSR count). The summed E-state index contributed by atoms with van der Waals surface area (Å²) in [7, 11) is -3.47. The number of carbonyl (C=O) groups excluding carboxylic acids is 2. The number of morpholine rings is 1. The first-order valence-corrected chi connectivity index (χ1v) is 10.7. The summed E-state index contributed by atoms with van der Waals surface area (Å²) in [5, 5.41) is 0. The highest BCUT2D eigenvalue weighted by Gasteiger charge is 2.31. The van der Waals surface area contributed by atoms with Crippen molar-refractivity contribution in [2.45, 2.75) is 11.0 Å². The van der Waals surface area contributed by atoms with E-state index in [9.17, 15) is 18.0 Å². The van der Waals surface area contributed by atoms with Crippen LogP contribution in [0.3, 0.4) is 0 Å². The summed E-state index contributed by atoms with van der Waals surface area (Å²) in [5.41, 5.74) is 0.616. The molecule has 1 fully saturated rings.